The van der Waals surface area contributed by atoms with Crippen molar-refractivity contribution in [3.8, 4) is 17.1 Å². The number of hydrogen-bond donors (Lipinski definition) is 1. The molecule has 1 N–H and O–H groups in total. The summed E-state index contributed by atoms with van der Waals surface area (Å²) in [7, 11) is 1.60. The molecular formula is C22H20N4O2. The zero-order chi connectivity index (χ0) is 19.3. The van der Waals surface area contributed by atoms with Crippen LogP contribution in [0.4, 0.5) is 0 Å². The van der Waals surface area contributed by atoms with Crippen LogP contribution in [-0.4, -0.2) is 34.1 Å². The molecule has 0 saturated heterocycles. The Hall–Kier alpha value is -3.67. The Kier molecular flexibility index (Phi) is 5.01. The number of carbonyl (C=O) groups is 1. The van der Waals surface area contributed by atoms with Crippen LogP contribution in [0, 0.1) is 0 Å². The van der Waals surface area contributed by atoms with Crippen molar-refractivity contribution < 1.29 is 9.53 Å². The van der Waals surface area contributed by atoms with Gasteiger partial charge in [-0.25, -0.2) is 4.98 Å². The second-order valence-corrected chi connectivity index (χ2v) is 6.30. The SMILES string of the molecule is COc1ccc(C(=O)NCCn2c(-c3ccncc3)nc3ccccc32)cc1. The number of hydrogen-bond acceptors (Lipinski definition) is 4. The number of fused-ring (bicyclic) bond motifs is 1. The zero-order valence-corrected chi connectivity index (χ0v) is 15.5. The molecule has 0 saturated carbocycles. The van der Waals surface area contributed by atoms with E-state index in [1.54, 1.807) is 43.8 Å². The van der Waals surface area contributed by atoms with E-state index in [-0.39, 0.29) is 5.91 Å². The highest BCUT2D eigenvalue weighted by Crippen LogP contribution is 2.24. The number of benzene rings is 2. The van der Waals surface area contributed by atoms with Crippen molar-refractivity contribution in [1.29, 1.82) is 0 Å². The van der Waals surface area contributed by atoms with E-state index < -0.39 is 0 Å². The highest BCUT2D eigenvalue weighted by molar-refractivity contribution is 5.94. The fourth-order valence-electron chi connectivity index (χ4n) is 3.15. The van der Waals surface area contributed by atoms with E-state index in [1.807, 2.05) is 36.4 Å². The molecule has 140 valence electrons. The second-order valence-electron chi connectivity index (χ2n) is 6.30. The van der Waals surface area contributed by atoms with Gasteiger partial charge in [-0.15, -0.1) is 0 Å². The molecule has 0 aliphatic rings. The Morgan fingerprint density at radius 2 is 1.79 bits per heavy atom. The average molecular weight is 372 g/mol. The van der Waals surface area contributed by atoms with Gasteiger partial charge >= 0.3 is 0 Å². The third-order valence-electron chi connectivity index (χ3n) is 4.57. The lowest BCUT2D eigenvalue weighted by Gasteiger charge is -2.11. The molecular weight excluding hydrogens is 352 g/mol. The van der Waals surface area contributed by atoms with Crippen LogP contribution in [0.15, 0.2) is 73.1 Å². The van der Waals surface area contributed by atoms with Crippen LogP contribution in [0.25, 0.3) is 22.4 Å². The second kappa shape index (κ2) is 7.92. The minimum atomic E-state index is -0.113. The first-order valence-corrected chi connectivity index (χ1v) is 9.04. The minimum absolute atomic E-state index is 0.113. The van der Waals surface area contributed by atoms with E-state index in [2.05, 4.69) is 14.9 Å². The molecule has 6 nitrogen and oxygen atoms in total. The maximum Gasteiger partial charge on any atom is 0.251 e. The highest BCUT2D eigenvalue weighted by Gasteiger charge is 2.13. The van der Waals surface area contributed by atoms with E-state index in [4.69, 9.17) is 9.72 Å². The molecule has 2 aromatic heterocycles. The summed E-state index contributed by atoms with van der Waals surface area (Å²) in [6, 6.07) is 18.9. The van der Waals surface area contributed by atoms with E-state index in [0.717, 1.165) is 28.2 Å². The van der Waals surface area contributed by atoms with Crippen LogP contribution in [0.2, 0.25) is 0 Å². The summed E-state index contributed by atoms with van der Waals surface area (Å²) in [5, 5.41) is 2.98. The zero-order valence-electron chi connectivity index (χ0n) is 15.5. The van der Waals surface area contributed by atoms with Gasteiger partial charge in [0.15, 0.2) is 0 Å². The maximum atomic E-state index is 12.4. The molecule has 0 aliphatic carbocycles. The van der Waals surface area contributed by atoms with E-state index >= 15 is 0 Å². The fourth-order valence-corrected chi connectivity index (χ4v) is 3.15. The molecule has 0 fully saturated rings. The van der Waals surface area contributed by atoms with Gasteiger partial charge in [0.05, 0.1) is 18.1 Å². The van der Waals surface area contributed by atoms with Crippen molar-refractivity contribution in [2.75, 3.05) is 13.7 Å². The molecule has 0 atom stereocenters. The Morgan fingerprint density at radius 3 is 2.54 bits per heavy atom. The predicted octanol–water partition coefficient (Wildman–Crippen LogP) is 3.54. The molecule has 1 amide bonds. The summed E-state index contributed by atoms with van der Waals surface area (Å²) < 4.78 is 7.25. The van der Waals surface area contributed by atoms with Crippen LogP contribution in [0.3, 0.4) is 0 Å². The van der Waals surface area contributed by atoms with Crippen LogP contribution in [-0.2, 0) is 6.54 Å². The summed E-state index contributed by atoms with van der Waals surface area (Å²) in [5.74, 6) is 1.48. The topological polar surface area (TPSA) is 69.0 Å². The first-order valence-electron chi connectivity index (χ1n) is 9.04. The number of aromatic nitrogens is 3. The van der Waals surface area contributed by atoms with E-state index in [9.17, 15) is 4.79 Å². The number of pyridine rings is 1. The Bertz CT molecular complexity index is 1090. The first kappa shape index (κ1) is 17.7. The van der Waals surface area contributed by atoms with Gasteiger partial charge in [-0.1, -0.05) is 12.1 Å². The number of ether oxygens (including phenoxy) is 1. The van der Waals surface area contributed by atoms with Crippen LogP contribution < -0.4 is 10.1 Å². The van der Waals surface area contributed by atoms with Crippen LogP contribution >= 0.6 is 0 Å². The van der Waals surface area contributed by atoms with Crippen molar-refractivity contribution in [1.82, 2.24) is 19.9 Å². The highest BCUT2D eigenvalue weighted by atomic mass is 16.5. The van der Waals surface area contributed by atoms with Gasteiger partial charge in [0.1, 0.15) is 11.6 Å². The van der Waals surface area contributed by atoms with Crippen molar-refractivity contribution >= 4 is 16.9 Å². The van der Waals surface area contributed by atoms with Crippen molar-refractivity contribution in [3.63, 3.8) is 0 Å². The number of methoxy groups -OCH3 is 1. The lowest BCUT2D eigenvalue weighted by molar-refractivity contribution is 0.0952. The van der Waals surface area contributed by atoms with Gasteiger partial charge in [-0.05, 0) is 48.5 Å². The number of carbonyl (C=O) groups excluding carboxylic acids is 1. The van der Waals surface area contributed by atoms with Gasteiger partial charge in [0.25, 0.3) is 5.91 Å². The summed E-state index contributed by atoms with van der Waals surface area (Å²) >= 11 is 0. The maximum absolute atomic E-state index is 12.4. The molecule has 4 rings (SSSR count). The molecule has 6 heteroatoms. The molecule has 0 aliphatic heterocycles. The van der Waals surface area contributed by atoms with Crippen molar-refractivity contribution in [2.45, 2.75) is 6.54 Å². The number of para-hydroxylation sites is 2. The summed E-state index contributed by atoms with van der Waals surface area (Å²) in [5.41, 5.74) is 3.56. The summed E-state index contributed by atoms with van der Waals surface area (Å²) in [6.45, 7) is 1.10. The van der Waals surface area contributed by atoms with Crippen LogP contribution in [0.5, 0.6) is 5.75 Å². The van der Waals surface area contributed by atoms with Crippen molar-refractivity contribution in [3.05, 3.63) is 78.6 Å². The largest absolute Gasteiger partial charge is 0.497 e. The molecule has 0 unspecified atom stereocenters. The molecule has 2 heterocycles. The molecule has 0 bridgehead atoms. The third-order valence-corrected chi connectivity index (χ3v) is 4.57. The molecule has 0 spiro atoms. The Labute approximate surface area is 162 Å². The van der Waals surface area contributed by atoms with E-state index in [0.29, 0.717) is 18.7 Å². The quantitative estimate of drug-likeness (QED) is 0.562. The van der Waals surface area contributed by atoms with Gasteiger partial charge in [-0.3, -0.25) is 9.78 Å². The number of imidazole rings is 1. The van der Waals surface area contributed by atoms with Gasteiger partial charge < -0.3 is 14.6 Å². The number of nitrogens with zero attached hydrogens (tertiary/aromatic N) is 3. The standard InChI is InChI=1S/C22H20N4O2/c1-28-18-8-6-17(7-9-18)22(27)24-14-15-26-20-5-3-2-4-19(20)25-21(26)16-10-12-23-13-11-16/h2-13H,14-15H2,1H3,(H,24,27). The number of nitrogens with one attached hydrogen (secondary N) is 1. The molecule has 0 radical (unpaired) electrons. The van der Waals surface area contributed by atoms with Gasteiger partial charge in [-0.2, -0.15) is 0 Å². The van der Waals surface area contributed by atoms with Crippen LogP contribution in [0.1, 0.15) is 10.4 Å². The lowest BCUT2D eigenvalue weighted by Crippen LogP contribution is -2.27. The average Bonchev–Trinajstić information content (AvgIpc) is 3.13. The van der Waals surface area contributed by atoms with Gasteiger partial charge in [0.2, 0.25) is 0 Å². The molecule has 2 aromatic carbocycles. The number of rotatable bonds is 6. The number of amides is 1. The summed E-state index contributed by atoms with van der Waals surface area (Å²) in [4.78, 5) is 21.3. The monoisotopic (exact) mass is 372 g/mol. The first-order chi connectivity index (χ1) is 13.8. The van der Waals surface area contributed by atoms with Gasteiger partial charge in [0, 0.05) is 36.6 Å². The Morgan fingerprint density at radius 1 is 1.04 bits per heavy atom. The normalized spacial score (nSPS) is 10.8. The lowest BCUT2D eigenvalue weighted by atomic mass is 10.2. The third kappa shape index (κ3) is 3.57. The Balaban J connectivity index is 1.53. The smallest absolute Gasteiger partial charge is 0.251 e. The molecule has 4 aromatic rings. The predicted molar refractivity (Wildman–Crippen MR) is 108 cm³/mol. The summed E-state index contributed by atoms with van der Waals surface area (Å²) in [6.07, 6.45) is 3.51. The fraction of sp³-hybridized carbons (Fsp3) is 0.136. The molecule has 28 heavy (non-hydrogen) atoms. The van der Waals surface area contributed by atoms with E-state index in [1.165, 1.54) is 0 Å². The van der Waals surface area contributed by atoms with Crippen molar-refractivity contribution in [2.24, 2.45) is 0 Å². The minimum Gasteiger partial charge on any atom is -0.497 e.